The van der Waals surface area contributed by atoms with Crippen LogP contribution in [-0.4, -0.2) is 17.0 Å². The summed E-state index contributed by atoms with van der Waals surface area (Å²) in [4.78, 5) is 10.3. The Balaban J connectivity index is 2.37. The van der Waals surface area contributed by atoms with Gasteiger partial charge < -0.3 is 4.90 Å². The maximum atomic E-state index is 6.24. The fourth-order valence-corrected chi connectivity index (χ4v) is 2.40. The quantitative estimate of drug-likeness (QED) is 0.791. The molecule has 19 heavy (non-hydrogen) atoms. The molecule has 1 unspecified atom stereocenters. The lowest BCUT2D eigenvalue weighted by Gasteiger charge is -2.28. The van der Waals surface area contributed by atoms with Gasteiger partial charge in [0.2, 0.25) is 0 Å². The second-order valence-corrected chi connectivity index (χ2v) is 5.19. The van der Waals surface area contributed by atoms with Crippen LogP contribution in [0.15, 0.2) is 30.6 Å². The standard InChI is InChI=1S/C14H15Cl2N3/c1-9-13(16)17-8-18-14(9)19(3)10(2)11-6-4-5-7-12(11)15/h4-8,10H,1-3H3. The summed E-state index contributed by atoms with van der Waals surface area (Å²) in [6.45, 7) is 3.99. The Kier molecular flexibility index (Phi) is 4.27. The average molecular weight is 296 g/mol. The van der Waals surface area contributed by atoms with Crippen LogP contribution >= 0.6 is 23.2 Å². The Hall–Kier alpha value is -1.32. The van der Waals surface area contributed by atoms with Crippen molar-refractivity contribution < 1.29 is 0 Å². The van der Waals surface area contributed by atoms with Crippen molar-refractivity contribution in [1.29, 1.82) is 0 Å². The van der Waals surface area contributed by atoms with Gasteiger partial charge in [0.05, 0.1) is 6.04 Å². The normalized spacial score (nSPS) is 12.3. The molecule has 0 N–H and O–H groups in total. The highest BCUT2D eigenvalue weighted by Gasteiger charge is 2.18. The molecule has 2 aromatic rings. The minimum atomic E-state index is 0.0957. The summed E-state index contributed by atoms with van der Waals surface area (Å²) in [7, 11) is 1.97. The molecule has 1 heterocycles. The van der Waals surface area contributed by atoms with E-state index in [1.807, 2.05) is 43.1 Å². The third-order valence-corrected chi connectivity index (χ3v) is 3.99. The highest BCUT2D eigenvalue weighted by atomic mass is 35.5. The van der Waals surface area contributed by atoms with Crippen molar-refractivity contribution >= 4 is 29.0 Å². The zero-order valence-electron chi connectivity index (χ0n) is 11.1. The van der Waals surface area contributed by atoms with E-state index in [9.17, 15) is 0 Å². The minimum absolute atomic E-state index is 0.0957. The van der Waals surface area contributed by atoms with Crippen molar-refractivity contribution in [3.8, 4) is 0 Å². The van der Waals surface area contributed by atoms with Crippen LogP contribution in [0.4, 0.5) is 5.82 Å². The number of hydrogen-bond donors (Lipinski definition) is 0. The first-order valence-electron chi connectivity index (χ1n) is 5.96. The number of aromatic nitrogens is 2. The van der Waals surface area contributed by atoms with E-state index in [1.54, 1.807) is 0 Å². The average Bonchev–Trinajstić information content (AvgIpc) is 2.41. The predicted octanol–water partition coefficient (Wildman–Crippen LogP) is 4.29. The van der Waals surface area contributed by atoms with E-state index in [1.165, 1.54) is 6.33 Å². The molecule has 5 heteroatoms. The number of rotatable bonds is 3. The topological polar surface area (TPSA) is 29.0 Å². The van der Waals surface area contributed by atoms with Crippen molar-refractivity contribution in [3.63, 3.8) is 0 Å². The van der Waals surface area contributed by atoms with Gasteiger partial charge in [0, 0.05) is 17.6 Å². The molecule has 100 valence electrons. The first-order valence-corrected chi connectivity index (χ1v) is 6.72. The largest absolute Gasteiger partial charge is 0.352 e. The smallest absolute Gasteiger partial charge is 0.137 e. The summed E-state index contributed by atoms with van der Waals surface area (Å²) in [5.74, 6) is 0.812. The number of benzene rings is 1. The molecule has 0 radical (unpaired) electrons. The van der Waals surface area contributed by atoms with Gasteiger partial charge in [-0.05, 0) is 25.5 Å². The van der Waals surface area contributed by atoms with Crippen LogP contribution in [0, 0.1) is 6.92 Å². The Labute approximate surface area is 123 Å². The van der Waals surface area contributed by atoms with Crippen LogP contribution < -0.4 is 4.90 Å². The SMILES string of the molecule is Cc1c(Cl)ncnc1N(C)C(C)c1ccccc1Cl. The van der Waals surface area contributed by atoms with Gasteiger partial charge in [0.1, 0.15) is 17.3 Å². The lowest BCUT2D eigenvalue weighted by Crippen LogP contribution is -2.24. The third kappa shape index (κ3) is 2.82. The van der Waals surface area contributed by atoms with Crippen LogP contribution in [0.5, 0.6) is 0 Å². The van der Waals surface area contributed by atoms with Crippen molar-refractivity contribution in [2.75, 3.05) is 11.9 Å². The van der Waals surface area contributed by atoms with E-state index in [-0.39, 0.29) is 6.04 Å². The molecule has 0 aliphatic heterocycles. The zero-order valence-corrected chi connectivity index (χ0v) is 12.6. The monoisotopic (exact) mass is 295 g/mol. The van der Waals surface area contributed by atoms with E-state index in [4.69, 9.17) is 23.2 Å². The van der Waals surface area contributed by atoms with Crippen molar-refractivity contribution in [2.24, 2.45) is 0 Å². The van der Waals surface area contributed by atoms with Gasteiger partial charge in [0.15, 0.2) is 0 Å². The number of hydrogen-bond acceptors (Lipinski definition) is 3. The Bertz CT molecular complexity index is 587. The van der Waals surface area contributed by atoms with Crippen LogP contribution in [0.3, 0.4) is 0 Å². The van der Waals surface area contributed by atoms with E-state index in [2.05, 4.69) is 16.9 Å². The zero-order chi connectivity index (χ0) is 14.0. The molecule has 1 atom stereocenters. The molecule has 2 rings (SSSR count). The molecular formula is C14H15Cl2N3. The van der Waals surface area contributed by atoms with E-state index >= 15 is 0 Å². The molecule has 1 aromatic carbocycles. The third-order valence-electron chi connectivity index (χ3n) is 3.27. The minimum Gasteiger partial charge on any atom is -0.352 e. The van der Waals surface area contributed by atoms with Crippen molar-refractivity contribution in [1.82, 2.24) is 9.97 Å². The first kappa shape index (κ1) is 14.1. The highest BCUT2D eigenvalue weighted by Crippen LogP contribution is 2.31. The number of anilines is 1. The summed E-state index contributed by atoms with van der Waals surface area (Å²) >= 11 is 12.3. The molecule has 1 aromatic heterocycles. The molecule has 0 amide bonds. The molecule has 3 nitrogen and oxygen atoms in total. The van der Waals surface area contributed by atoms with Crippen molar-refractivity contribution in [3.05, 3.63) is 51.9 Å². The molecule has 0 aliphatic carbocycles. The molecule has 0 bridgehead atoms. The van der Waals surface area contributed by atoms with Gasteiger partial charge in [0.25, 0.3) is 0 Å². The Morgan fingerprint density at radius 2 is 1.84 bits per heavy atom. The van der Waals surface area contributed by atoms with Gasteiger partial charge in [-0.15, -0.1) is 0 Å². The van der Waals surface area contributed by atoms with Gasteiger partial charge in [-0.2, -0.15) is 0 Å². The fraction of sp³-hybridized carbons (Fsp3) is 0.286. The molecule has 0 spiro atoms. The first-order chi connectivity index (χ1) is 9.02. The van der Waals surface area contributed by atoms with Gasteiger partial charge in [-0.1, -0.05) is 41.4 Å². The van der Waals surface area contributed by atoms with Gasteiger partial charge >= 0.3 is 0 Å². The maximum absolute atomic E-state index is 6.24. The molecule has 0 aliphatic rings. The Morgan fingerprint density at radius 3 is 2.53 bits per heavy atom. The lowest BCUT2D eigenvalue weighted by molar-refractivity contribution is 0.724. The fourth-order valence-electron chi connectivity index (χ4n) is 1.98. The highest BCUT2D eigenvalue weighted by molar-refractivity contribution is 6.31. The lowest BCUT2D eigenvalue weighted by atomic mass is 10.1. The van der Waals surface area contributed by atoms with E-state index < -0.39 is 0 Å². The van der Waals surface area contributed by atoms with Crippen LogP contribution in [0.25, 0.3) is 0 Å². The second-order valence-electron chi connectivity index (χ2n) is 4.42. The molecule has 0 saturated heterocycles. The van der Waals surface area contributed by atoms with Gasteiger partial charge in [-0.25, -0.2) is 9.97 Å². The summed E-state index contributed by atoms with van der Waals surface area (Å²) in [5.41, 5.74) is 1.92. The van der Waals surface area contributed by atoms with Crippen LogP contribution in [0.1, 0.15) is 24.1 Å². The number of halogens is 2. The second kappa shape index (κ2) is 5.76. The number of nitrogens with zero attached hydrogens (tertiary/aromatic N) is 3. The van der Waals surface area contributed by atoms with E-state index in [0.717, 1.165) is 22.0 Å². The predicted molar refractivity (Wildman–Crippen MR) is 80.0 cm³/mol. The molecule has 0 saturated carbocycles. The summed E-state index contributed by atoms with van der Waals surface area (Å²) in [6.07, 6.45) is 1.47. The molecular weight excluding hydrogens is 281 g/mol. The van der Waals surface area contributed by atoms with Crippen LogP contribution in [-0.2, 0) is 0 Å². The van der Waals surface area contributed by atoms with Crippen LogP contribution in [0.2, 0.25) is 10.2 Å². The molecule has 0 fully saturated rings. The van der Waals surface area contributed by atoms with Crippen molar-refractivity contribution in [2.45, 2.75) is 19.9 Å². The Morgan fingerprint density at radius 1 is 1.16 bits per heavy atom. The summed E-state index contributed by atoms with van der Waals surface area (Å²) < 4.78 is 0. The van der Waals surface area contributed by atoms with Gasteiger partial charge in [-0.3, -0.25) is 0 Å². The maximum Gasteiger partial charge on any atom is 0.137 e. The summed E-state index contributed by atoms with van der Waals surface area (Å²) in [6, 6.07) is 7.90. The van der Waals surface area contributed by atoms with E-state index in [0.29, 0.717) is 5.15 Å². The summed E-state index contributed by atoms with van der Waals surface area (Å²) in [5, 5.41) is 1.22.